The molecule has 3 atom stereocenters. The molecule has 0 aromatic heterocycles. The van der Waals surface area contributed by atoms with E-state index in [1.807, 2.05) is 0 Å². The maximum atomic E-state index is 10.1. The smallest absolute Gasteiger partial charge is 0.217 e. The Morgan fingerprint density at radius 2 is 2.31 bits per heavy atom. The lowest BCUT2D eigenvalue weighted by Gasteiger charge is -2.12. The minimum absolute atomic E-state index is 0.288. The third-order valence-electron chi connectivity index (χ3n) is 1.85. The number of hydrogen-bond acceptors (Lipinski definition) is 6. The van der Waals surface area contributed by atoms with E-state index in [-0.39, 0.29) is 19.1 Å². The summed E-state index contributed by atoms with van der Waals surface area (Å²) in [4.78, 5) is 0. The monoisotopic (exact) mass is 211 g/mol. The second-order valence-corrected chi connectivity index (χ2v) is 4.01. The van der Waals surface area contributed by atoms with Crippen molar-refractivity contribution in [3.8, 4) is 0 Å². The molecule has 0 spiro atoms. The van der Waals surface area contributed by atoms with Gasteiger partial charge in [0.2, 0.25) is 10.4 Å². The molecule has 7 heteroatoms. The predicted molar refractivity (Wildman–Crippen MR) is 40.6 cm³/mol. The first kappa shape index (κ1) is 10.9. The summed E-state index contributed by atoms with van der Waals surface area (Å²) in [6.07, 6.45) is -1.20. The summed E-state index contributed by atoms with van der Waals surface area (Å²) in [5.74, 6) is 0. The first-order valence-corrected chi connectivity index (χ1v) is 5.15. The molecule has 0 aliphatic carbocycles. The quantitative estimate of drug-likeness (QED) is 0.475. The van der Waals surface area contributed by atoms with Crippen LogP contribution in [0.2, 0.25) is 0 Å². The van der Waals surface area contributed by atoms with Crippen molar-refractivity contribution in [2.45, 2.75) is 31.7 Å². The highest BCUT2D eigenvalue weighted by Gasteiger charge is 2.30. The summed E-state index contributed by atoms with van der Waals surface area (Å²) < 4.78 is 39.2. The summed E-state index contributed by atoms with van der Waals surface area (Å²) in [5, 5.41) is 9.19. The molecule has 1 fully saturated rings. The molecule has 1 aliphatic rings. The zero-order chi connectivity index (χ0) is 10.1. The number of aliphatic hydroxyl groups excluding tert-OH is 1. The Morgan fingerprint density at radius 1 is 1.69 bits per heavy atom. The van der Waals surface area contributed by atoms with Gasteiger partial charge in [0, 0.05) is 6.42 Å². The van der Waals surface area contributed by atoms with Gasteiger partial charge in [-0.25, -0.2) is 8.42 Å². The molecule has 0 bridgehead atoms. The summed E-state index contributed by atoms with van der Waals surface area (Å²) in [6.45, 7) is 1.34. The zero-order valence-corrected chi connectivity index (χ0v) is 7.86. The normalized spacial score (nSPS) is 35.2. The Bertz CT molecular complexity index is 250. The second-order valence-electron chi connectivity index (χ2n) is 2.96. The van der Waals surface area contributed by atoms with Gasteiger partial charge in [-0.15, -0.1) is 0 Å². The van der Waals surface area contributed by atoms with Gasteiger partial charge < -0.3 is 14.4 Å². The van der Waals surface area contributed by atoms with Crippen molar-refractivity contribution >= 4 is 10.4 Å². The molecule has 0 aromatic rings. The van der Waals surface area contributed by atoms with Crippen molar-refractivity contribution in [2.24, 2.45) is 0 Å². The molecule has 1 aliphatic heterocycles. The molecule has 6 nitrogen and oxygen atoms in total. The standard InChI is InChI=1S/C6H12O6S/c1-4-6(7)2-5(12-4)3-11-13(8,9)10/h4-7H,2-3H2,1H3,(H,8,9,10)/p-1. The molecule has 0 amide bonds. The molecule has 3 unspecified atom stereocenters. The minimum atomic E-state index is -4.66. The average Bonchev–Trinajstić information content (AvgIpc) is 2.27. The van der Waals surface area contributed by atoms with E-state index in [0.29, 0.717) is 0 Å². The van der Waals surface area contributed by atoms with Gasteiger partial charge in [0.1, 0.15) is 0 Å². The van der Waals surface area contributed by atoms with Gasteiger partial charge in [0.25, 0.3) is 0 Å². The summed E-state index contributed by atoms with van der Waals surface area (Å²) in [6, 6.07) is 0. The Morgan fingerprint density at radius 3 is 2.69 bits per heavy atom. The molecular formula is C6H11O6S-. The fraction of sp³-hybridized carbons (Fsp3) is 1.00. The lowest BCUT2D eigenvalue weighted by Crippen LogP contribution is -2.18. The van der Waals surface area contributed by atoms with Crippen molar-refractivity contribution in [3.63, 3.8) is 0 Å². The van der Waals surface area contributed by atoms with Crippen LogP contribution in [0.5, 0.6) is 0 Å². The van der Waals surface area contributed by atoms with E-state index in [1.54, 1.807) is 6.92 Å². The Kier molecular flexibility index (Phi) is 3.25. The van der Waals surface area contributed by atoms with Crippen LogP contribution >= 0.6 is 0 Å². The van der Waals surface area contributed by atoms with E-state index in [9.17, 15) is 18.1 Å². The lowest BCUT2D eigenvalue weighted by atomic mass is 10.2. The number of rotatable bonds is 3. The SMILES string of the molecule is CC1OC(COS(=O)(=O)[O-])CC1O. The van der Waals surface area contributed by atoms with Crippen LogP contribution in [0.15, 0.2) is 0 Å². The zero-order valence-electron chi connectivity index (χ0n) is 7.04. The van der Waals surface area contributed by atoms with Crippen LogP contribution in [0, 0.1) is 0 Å². The van der Waals surface area contributed by atoms with E-state index in [0.717, 1.165) is 0 Å². The third-order valence-corrected chi connectivity index (χ3v) is 2.28. The average molecular weight is 211 g/mol. The van der Waals surface area contributed by atoms with Crippen molar-refractivity contribution in [3.05, 3.63) is 0 Å². The van der Waals surface area contributed by atoms with Crippen LogP contribution in [0.3, 0.4) is 0 Å². The van der Waals surface area contributed by atoms with Crippen molar-refractivity contribution in [1.29, 1.82) is 0 Å². The lowest BCUT2D eigenvalue weighted by molar-refractivity contribution is 0.00419. The van der Waals surface area contributed by atoms with Crippen LogP contribution in [0.4, 0.5) is 0 Å². The van der Waals surface area contributed by atoms with Crippen LogP contribution in [0.25, 0.3) is 0 Å². The van der Waals surface area contributed by atoms with E-state index < -0.39 is 22.6 Å². The molecule has 78 valence electrons. The van der Waals surface area contributed by atoms with Gasteiger partial charge in [-0.3, -0.25) is 4.18 Å². The number of ether oxygens (including phenoxy) is 1. The minimum Gasteiger partial charge on any atom is -0.726 e. The molecule has 1 heterocycles. The Labute approximate surface area is 76.4 Å². The van der Waals surface area contributed by atoms with Gasteiger partial charge in [-0.05, 0) is 6.92 Å². The second kappa shape index (κ2) is 3.89. The van der Waals surface area contributed by atoms with E-state index in [2.05, 4.69) is 4.18 Å². The molecule has 1 rings (SSSR count). The topological polar surface area (TPSA) is 95.9 Å². The molecular weight excluding hydrogens is 200 g/mol. The predicted octanol–water partition coefficient (Wildman–Crippen LogP) is -0.999. The van der Waals surface area contributed by atoms with Gasteiger partial charge in [0.15, 0.2) is 0 Å². The van der Waals surface area contributed by atoms with Gasteiger partial charge in [-0.2, -0.15) is 0 Å². The maximum Gasteiger partial charge on any atom is 0.217 e. The molecule has 1 N–H and O–H groups in total. The van der Waals surface area contributed by atoms with Crippen molar-refractivity contribution in [1.82, 2.24) is 0 Å². The van der Waals surface area contributed by atoms with Crippen LogP contribution in [0.1, 0.15) is 13.3 Å². The number of aliphatic hydroxyl groups is 1. The Balaban J connectivity index is 2.33. The largest absolute Gasteiger partial charge is 0.726 e. The van der Waals surface area contributed by atoms with Crippen molar-refractivity contribution in [2.75, 3.05) is 6.61 Å². The fourth-order valence-electron chi connectivity index (χ4n) is 1.18. The van der Waals surface area contributed by atoms with E-state index in [1.165, 1.54) is 0 Å². The summed E-state index contributed by atoms with van der Waals surface area (Å²) in [7, 11) is -4.66. The van der Waals surface area contributed by atoms with Crippen LogP contribution < -0.4 is 0 Å². The van der Waals surface area contributed by atoms with Crippen LogP contribution in [-0.2, 0) is 19.3 Å². The highest BCUT2D eigenvalue weighted by Crippen LogP contribution is 2.20. The van der Waals surface area contributed by atoms with Gasteiger partial charge >= 0.3 is 0 Å². The fourth-order valence-corrected chi connectivity index (χ4v) is 1.50. The third kappa shape index (κ3) is 3.57. The highest BCUT2D eigenvalue weighted by molar-refractivity contribution is 7.80. The van der Waals surface area contributed by atoms with Gasteiger partial charge in [-0.1, -0.05) is 0 Å². The van der Waals surface area contributed by atoms with Crippen molar-refractivity contribution < 1.29 is 27.0 Å². The number of hydrogen-bond donors (Lipinski definition) is 1. The molecule has 13 heavy (non-hydrogen) atoms. The highest BCUT2D eigenvalue weighted by atomic mass is 32.3. The van der Waals surface area contributed by atoms with E-state index >= 15 is 0 Å². The summed E-state index contributed by atoms with van der Waals surface area (Å²) >= 11 is 0. The van der Waals surface area contributed by atoms with Crippen LogP contribution in [-0.4, -0.2) is 43.0 Å². The maximum absolute atomic E-state index is 10.1. The first-order valence-electron chi connectivity index (χ1n) is 3.82. The Hall–Kier alpha value is -0.210. The first-order chi connectivity index (χ1) is 5.88. The molecule has 0 radical (unpaired) electrons. The van der Waals surface area contributed by atoms with Gasteiger partial charge in [0.05, 0.1) is 24.9 Å². The molecule has 0 saturated carbocycles. The molecule has 0 aromatic carbocycles. The summed E-state index contributed by atoms with van der Waals surface area (Å²) in [5.41, 5.74) is 0. The van der Waals surface area contributed by atoms with E-state index in [4.69, 9.17) is 4.74 Å². The molecule has 1 saturated heterocycles.